The van der Waals surface area contributed by atoms with E-state index in [-0.39, 0.29) is 23.4 Å². The van der Waals surface area contributed by atoms with Crippen LogP contribution in [0.4, 0.5) is 11.4 Å². The van der Waals surface area contributed by atoms with E-state index in [9.17, 15) is 9.59 Å². The zero-order valence-electron chi connectivity index (χ0n) is 9.77. The molecule has 5 heteroatoms. The normalized spacial score (nSPS) is 25.4. The minimum atomic E-state index is -0.989. The van der Waals surface area contributed by atoms with Gasteiger partial charge in [-0.1, -0.05) is 6.42 Å². The predicted molar refractivity (Wildman–Crippen MR) is 66.8 cm³/mol. The van der Waals surface area contributed by atoms with Gasteiger partial charge in [-0.05, 0) is 31.0 Å². The van der Waals surface area contributed by atoms with Gasteiger partial charge in [-0.3, -0.25) is 4.79 Å². The van der Waals surface area contributed by atoms with Gasteiger partial charge in [0.15, 0.2) is 0 Å². The summed E-state index contributed by atoms with van der Waals surface area (Å²) in [5, 5.41) is 15.1. The van der Waals surface area contributed by atoms with Crippen molar-refractivity contribution in [3.05, 3.63) is 23.8 Å². The first kappa shape index (κ1) is 11.1. The molecule has 1 heterocycles. The summed E-state index contributed by atoms with van der Waals surface area (Å²) in [6, 6.07) is 4.95. The molecule has 1 aromatic carbocycles. The van der Waals surface area contributed by atoms with Crippen LogP contribution < -0.4 is 10.6 Å². The highest BCUT2D eigenvalue weighted by atomic mass is 16.4. The maximum atomic E-state index is 12.0. The SMILES string of the molecule is O=C(O)c1ccc2c(c1)NC(=O)C1CCCC1N2. The Morgan fingerprint density at radius 1 is 1.28 bits per heavy atom. The summed E-state index contributed by atoms with van der Waals surface area (Å²) < 4.78 is 0. The van der Waals surface area contributed by atoms with Crippen LogP contribution in [0, 0.1) is 5.92 Å². The van der Waals surface area contributed by atoms with Gasteiger partial charge in [0.2, 0.25) is 5.91 Å². The second kappa shape index (κ2) is 4.01. The van der Waals surface area contributed by atoms with Crippen LogP contribution in [0.5, 0.6) is 0 Å². The summed E-state index contributed by atoms with van der Waals surface area (Å²) >= 11 is 0. The summed E-state index contributed by atoms with van der Waals surface area (Å²) in [4.78, 5) is 23.0. The minimum Gasteiger partial charge on any atom is -0.478 e. The molecule has 1 aliphatic carbocycles. The van der Waals surface area contributed by atoms with E-state index in [0.29, 0.717) is 5.69 Å². The fourth-order valence-electron chi connectivity index (χ4n) is 2.78. The molecule has 94 valence electrons. The third-order valence-electron chi connectivity index (χ3n) is 3.72. The zero-order valence-corrected chi connectivity index (χ0v) is 9.77. The summed E-state index contributed by atoms with van der Waals surface area (Å²) in [7, 11) is 0. The van der Waals surface area contributed by atoms with Gasteiger partial charge in [0.1, 0.15) is 0 Å². The fourth-order valence-corrected chi connectivity index (χ4v) is 2.78. The third kappa shape index (κ3) is 1.72. The smallest absolute Gasteiger partial charge is 0.335 e. The van der Waals surface area contributed by atoms with Crippen LogP contribution in [0.3, 0.4) is 0 Å². The third-order valence-corrected chi connectivity index (χ3v) is 3.72. The molecule has 3 rings (SSSR count). The highest BCUT2D eigenvalue weighted by Gasteiger charge is 2.35. The number of benzene rings is 1. The molecule has 2 unspecified atom stereocenters. The molecule has 0 bridgehead atoms. The van der Waals surface area contributed by atoms with Crippen molar-refractivity contribution in [2.45, 2.75) is 25.3 Å². The van der Waals surface area contributed by atoms with Crippen molar-refractivity contribution in [2.24, 2.45) is 5.92 Å². The number of carboxylic acids is 1. The number of hydrogen-bond donors (Lipinski definition) is 3. The average molecular weight is 246 g/mol. The van der Waals surface area contributed by atoms with Crippen LogP contribution in [-0.4, -0.2) is 23.0 Å². The van der Waals surface area contributed by atoms with Gasteiger partial charge in [0.05, 0.1) is 22.9 Å². The first-order chi connectivity index (χ1) is 8.65. The summed E-state index contributed by atoms with van der Waals surface area (Å²) in [6.45, 7) is 0. The average Bonchev–Trinajstić information content (AvgIpc) is 2.74. The van der Waals surface area contributed by atoms with Crippen molar-refractivity contribution in [3.63, 3.8) is 0 Å². The lowest BCUT2D eigenvalue weighted by Crippen LogP contribution is -2.30. The van der Waals surface area contributed by atoms with Crippen LogP contribution in [0.2, 0.25) is 0 Å². The van der Waals surface area contributed by atoms with E-state index in [1.54, 1.807) is 12.1 Å². The molecule has 2 aliphatic rings. The van der Waals surface area contributed by atoms with Gasteiger partial charge in [-0.2, -0.15) is 0 Å². The van der Waals surface area contributed by atoms with Crippen molar-refractivity contribution in [3.8, 4) is 0 Å². The number of carbonyl (C=O) groups excluding carboxylic acids is 1. The Morgan fingerprint density at radius 2 is 2.11 bits per heavy atom. The number of anilines is 2. The highest BCUT2D eigenvalue weighted by Crippen LogP contribution is 2.35. The number of carbonyl (C=O) groups is 2. The molecule has 0 radical (unpaired) electrons. The standard InChI is InChI=1S/C13H14N2O3/c16-12-8-2-1-3-9(8)14-10-5-4-7(13(17)18)6-11(10)15-12/h4-6,8-9,14H,1-3H2,(H,15,16)(H,17,18). The van der Waals surface area contributed by atoms with Crippen molar-refractivity contribution >= 4 is 23.3 Å². The van der Waals surface area contributed by atoms with Crippen LogP contribution in [0.15, 0.2) is 18.2 Å². The number of nitrogens with one attached hydrogen (secondary N) is 2. The largest absolute Gasteiger partial charge is 0.478 e. The molecule has 5 nitrogen and oxygen atoms in total. The van der Waals surface area contributed by atoms with Gasteiger partial charge in [-0.15, -0.1) is 0 Å². The summed E-state index contributed by atoms with van der Waals surface area (Å²) in [5.74, 6) is -1.01. The maximum Gasteiger partial charge on any atom is 0.335 e. The molecule has 0 saturated heterocycles. The van der Waals surface area contributed by atoms with Crippen LogP contribution in [0.25, 0.3) is 0 Å². The van der Waals surface area contributed by atoms with Gasteiger partial charge < -0.3 is 15.7 Å². The monoisotopic (exact) mass is 246 g/mol. The maximum absolute atomic E-state index is 12.0. The van der Waals surface area contributed by atoms with E-state index in [1.807, 2.05) is 0 Å². The first-order valence-corrected chi connectivity index (χ1v) is 6.10. The number of fused-ring (bicyclic) bond motifs is 2. The van der Waals surface area contributed by atoms with Crippen molar-refractivity contribution in [1.29, 1.82) is 0 Å². The summed E-state index contributed by atoms with van der Waals surface area (Å²) in [5.41, 5.74) is 1.56. The Hall–Kier alpha value is -2.04. The molecule has 1 saturated carbocycles. The Balaban J connectivity index is 2.00. The molecule has 0 spiro atoms. The Kier molecular flexibility index (Phi) is 2.47. The number of hydrogen-bond acceptors (Lipinski definition) is 3. The lowest BCUT2D eigenvalue weighted by molar-refractivity contribution is -0.119. The quantitative estimate of drug-likeness (QED) is 0.707. The Labute approximate surface area is 104 Å². The second-order valence-electron chi connectivity index (χ2n) is 4.84. The van der Waals surface area contributed by atoms with Gasteiger partial charge >= 0.3 is 5.97 Å². The second-order valence-corrected chi connectivity index (χ2v) is 4.84. The summed E-state index contributed by atoms with van der Waals surface area (Å²) in [6.07, 6.45) is 2.93. The molecule has 2 atom stereocenters. The zero-order chi connectivity index (χ0) is 12.7. The molecule has 0 aromatic heterocycles. The van der Waals surface area contributed by atoms with Crippen molar-refractivity contribution in [2.75, 3.05) is 10.6 Å². The number of rotatable bonds is 1. The van der Waals surface area contributed by atoms with E-state index in [1.165, 1.54) is 6.07 Å². The lowest BCUT2D eigenvalue weighted by Gasteiger charge is -2.16. The van der Waals surface area contributed by atoms with Crippen LogP contribution >= 0.6 is 0 Å². The molecule has 1 amide bonds. The number of carboxylic acid groups (broad SMARTS) is 1. The van der Waals surface area contributed by atoms with Gasteiger partial charge in [-0.25, -0.2) is 4.79 Å². The van der Waals surface area contributed by atoms with E-state index in [4.69, 9.17) is 5.11 Å². The first-order valence-electron chi connectivity index (χ1n) is 6.10. The van der Waals surface area contributed by atoms with E-state index < -0.39 is 5.97 Å². The minimum absolute atomic E-state index is 0.00807. The molecule has 1 fully saturated rings. The molecule has 3 N–H and O–H groups in total. The predicted octanol–water partition coefficient (Wildman–Crippen LogP) is 1.92. The Morgan fingerprint density at radius 3 is 2.89 bits per heavy atom. The molecular formula is C13H14N2O3. The van der Waals surface area contributed by atoms with E-state index in [0.717, 1.165) is 24.9 Å². The van der Waals surface area contributed by atoms with Crippen molar-refractivity contribution in [1.82, 2.24) is 0 Å². The molecule has 1 aromatic rings. The highest BCUT2D eigenvalue weighted by molar-refractivity contribution is 6.00. The Bertz CT molecular complexity index is 527. The fraction of sp³-hybridized carbons (Fsp3) is 0.385. The molecule has 1 aliphatic heterocycles. The van der Waals surface area contributed by atoms with E-state index in [2.05, 4.69) is 10.6 Å². The number of amides is 1. The topological polar surface area (TPSA) is 78.4 Å². The van der Waals surface area contributed by atoms with Crippen molar-refractivity contribution < 1.29 is 14.7 Å². The molecule has 18 heavy (non-hydrogen) atoms. The van der Waals surface area contributed by atoms with Crippen LogP contribution in [0.1, 0.15) is 29.6 Å². The van der Waals surface area contributed by atoms with Gasteiger partial charge in [0, 0.05) is 6.04 Å². The van der Waals surface area contributed by atoms with Gasteiger partial charge in [0.25, 0.3) is 0 Å². The van der Waals surface area contributed by atoms with E-state index >= 15 is 0 Å². The van der Waals surface area contributed by atoms with Crippen LogP contribution in [-0.2, 0) is 4.79 Å². The molecular weight excluding hydrogens is 232 g/mol. The lowest BCUT2D eigenvalue weighted by atomic mass is 10.0. The number of aromatic carboxylic acids is 1.